The Kier molecular flexibility index (Phi) is 16.3. The predicted molar refractivity (Wildman–Crippen MR) is 271 cm³/mol. The van der Waals surface area contributed by atoms with Crippen molar-refractivity contribution >= 4 is 49.8 Å². The number of aliphatic hydroxyl groups excluding tert-OH is 2. The van der Waals surface area contributed by atoms with Gasteiger partial charge in [0.15, 0.2) is 0 Å². The molecule has 0 spiro atoms. The Morgan fingerprint density at radius 2 is 0.985 bits per heavy atom. The van der Waals surface area contributed by atoms with Gasteiger partial charge in [0.1, 0.15) is 0 Å². The molecule has 10 heteroatoms. The molecule has 0 unspecified atom stereocenters. The summed E-state index contributed by atoms with van der Waals surface area (Å²) < 4.78 is 12.3. The molecule has 6 fully saturated rings. The number of hydrogen-bond donors (Lipinski definition) is 2. The van der Waals surface area contributed by atoms with Crippen molar-refractivity contribution in [3.8, 4) is 0 Å². The van der Waals surface area contributed by atoms with E-state index in [0.29, 0.717) is 98.0 Å². The van der Waals surface area contributed by atoms with Crippen LogP contribution in [0.1, 0.15) is 185 Å². The number of allylic oxidation sites excluding steroid dienone is 2. The van der Waals surface area contributed by atoms with Gasteiger partial charge in [-0.2, -0.15) is 0 Å². The van der Waals surface area contributed by atoms with Crippen LogP contribution in [0.15, 0.2) is 23.3 Å². The number of aliphatic hydroxyl groups is 2. The number of Topliss-reactive ketones (excluding diaryl/α,β-unsaturated/α-hetero) is 2. The molecule has 0 bridgehead atoms. The molecule has 0 aromatic carbocycles. The van der Waals surface area contributed by atoms with Gasteiger partial charge in [-0.1, -0.05) is 25.0 Å². The SMILES string of the molecule is CC(=O)O[C@H]1C[C@H]2[C@@H]3CC=C4C[C@@H](O)CC[C@]4(C)[C@H]3CC[C@]2(C)[C@H]1[C@H](C)C(=O)CC[C@@H](C)C[Se][Se]C[C@H](C)CCC(=O)[C@@H](C)[C@H]1[C@@H](OC(C)=O)C[C@H]2[C@@H]3CC=C4C[C@@H](O)CC[C@]4(C)[C@H]3CC[C@]12C. The molecule has 382 valence electrons. The van der Waals surface area contributed by atoms with Gasteiger partial charge in [0.2, 0.25) is 0 Å². The average Bonchev–Trinajstić information content (AvgIpc) is 3.74. The fourth-order valence-corrected chi connectivity index (χ4v) is 27.2. The molecular formula is C58H90O8Se2. The van der Waals surface area contributed by atoms with Crippen molar-refractivity contribution in [1.29, 1.82) is 0 Å². The van der Waals surface area contributed by atoms with Crippen molar-refractivity contribution in [2.24, 2.45) is 92.7 Å². The molecule has 0 saturated heterocycles. The second-order valence-corrected chi connectivity index (χ2v) is 33.1. The molecule has 68 heavy (non-hydrogen) atoms. The summed E-state index contributed by atoms with van der Waals surface area (Å²) in [5.41, 5.74) is 3.14. The van der Waals surface area contributed by atoms with E-state index in [4.69, 9.17) is 9.47 Å². The first kappa shape index (κ1) is 53.0. The maximum atomic E-state index is 14.2. The van der Waals surface area contributed by atoms with Crippen LogP contribution in [0.25, 0.3) is 0 Å². The summed E-state index contributed by atoms with van der Waals surface area (Å²) in [7, 11) is 0. The first-order valence-electron chi connectivity index (χ1n) is 27.5. The maximum absolute atomic E-state index is 14.2. The van der Waals surface area contributed by atoms with Crippen molar-refractivity contribution in [2.75, 3.05) is 0 Å². The number of rotatable bonds is 17. The molecule has 6 saturated carbocycles. The van der Waals surface area contributed by atoms with E-state index in [1.807, 2.05) is 0 Å². The third-order valence-corrected chi connectivity index (χ3v) is 29.7. The Morgan fingerprint density at radius 3 is 1.35 bits per heavy atom. The van der Waals surface area contributed by atoms with E-state index in [9.17, 15) is 29.4 Å². The van der Waals surface area contributed by atoms with Crippen LogP contribution in [-0.2, 0) is 28.7 Å². The van der Waals surface area contributed by atoms with Gasteiger partial charge in [-0.15, -0.1) is 0 Å². The van der Waals surface area contributed by atoms with E-state index >= 15 is 0 Å². The second-order valence-electron chi connectivity index (χ2n) is 25.6. The van der Waals surface area contributed by atoms with Crippen molar-refractivity contribution in [2.45, 2.75) is 220 Å². The summed E-state index contributed by atoms with van der Waals surface area (Å²) in [5, 5.41) is 23.4. The molecule has 0 heterocycles. The summed E-state index contributed by atoms with van der Waals surface area (Å²) >= 11 is 1.10. The van der Waals surface area contributed by atoms with Gasteiger partial charge in [0, 0.05) is 0 Å². The molecule has 20 atom stereocenters. The Bertz CT molecular complexity index is 1810. The minimum atomic E-state index is -0.234. The van der Waals surface area contributed by atoms with Crippen molar-refractivity contribution in [1.82, 2.24) is 0 Å². The molecule has 0 radical (unpaired) electrons. The number of carbonyl (C=O) groups is 4. The summed E-state index contributed by atoms with van der Waals surface area (Å²) in [4.78, 5) is 53.4. The topological polar surface area (TPSA) is 127 Å². The van der Waals surface area contributed by atoms with E-state index in [2.05, 4.69) is 67.5 Å². The first-order valence-corrected chi connectivity index (χ1v) is 34.3. The van der Waals surface area contributed by atoms with Gasteiger partial charge in [0.25, 0.3) is 0 Å². The van der Waals surface area contributed by atoms with Gasteiger partial charge in [-0.3, -0.25) is 0 Å². The Balaban J connectivity index is 0.791. The number of ether oxygens (including phenoxy) is 2. The molecule has 8 aliphatic rings. The molecule has 8 aliphatic carbocycles. The number of hydrogen-bond acceptors (Lipinski definition) is 8. The molecule has 0 aromatic heterocycles. The molecule has 0 amide bonds. The third-order valence-electron chi connectivity index (χ3n) is 21.6. The Hall–Kier alpha value is -1.28. The van der Waals surface area contributed by atoms with E-state index in [0.717, 1.165) is 103 Å². The van der Waals surface area contributed by atoms with Crippen LogP contribution in [0.3, 0.4) is 0 Å². The Morgan fingerprint density at radius 1 is 0.603 bits per heavy atom. The van der Waals surface area contributed by atoms with Crippen LogP contribution in [0.2, 0.25) is 10.6 Å². The van der Waals surface area contributed by atoms with Crippen molar-refractivity contribution in [3.05, 3.63) is 23.3 Å². The zero-order chi connectivity index (χ0) is 49.1. The Labute approximate surface area is 422 Å². The van der Waals surface area contributed by atoms with Crippen LogP contribution in [0, 0.1) is 92.7 Å². The monoisotopic (exact) mass is 1070 g/mol. The van der Waals surface area contributed by atoms with E-state index in [-0.39, 0.29) is 81.7 Å². The fraction of sp³-hybridized carbons (Fsp3) is 0.862. The summed E-state index contributed by atoms with van der Waals surface area (Å²) in [6.45, 7) is 21.7. The predicted octanol–water partition coefficient (Wildman–Crippen LogP) is 11.4. The normalized spacial score (nSPS) is 43.4. The summed E-state index contributed by atoms with van der Waals surface area (Å²) in [6, 6.07) is 0. The zero-order valence-corrected chi connectivity index (χ0v) is 47.1. The average molecular weight is 1070 g/mol. The van der Waals surface area contributed by atoms with Gasteiger partial charge in [0.05, 0.1) is 12.2 Å². The van der Waals surface area contributed by atoms with Crippen LogP contribution in [0.5, 0.6) is 0 Å². The molecule has 0 aromatic rings. The molecule has 0 aliphatic heterocycles. The van der Waals surface area contributed by atoms with E-state index in [1.165, 1.54) is 35.6 Å². The van der Waals surface area contributed by atoms with Gasteiger partial charge in [-0.05, 0) is 38.5 Å². The van der Waals surface area contributed by atoms with E-state index in [1.54, 1.807) is 0 Å². The summed E-state index contributed by atoms with van der Waals surface area (Å²) in [6.07, 6.45) is 20.8. The first-order chi connectivity index (χ1) is 32.1. The van der Waals surface area contributed by atoms with E-state index < -0.39 is 0 Å². The second kappa shape index (κ2) is 20.9. The van der Waals surface area contributed by atoms with Crippen LogP contribution >= 0.6 is 0 Å². The number of carbonyl (C=O) groups excluding carboxylic acids is 4. The van der Waals surface area contributed by atoms with Gasteiger partial charge >= 0.3 is 339 Å². The van der Waals surface area contributed by atoms with Gasteiger partial charge in [-0.25, -0.2) is 0 Å². The number of ketones is 2. The zero-order valence-electron chi connectivity index (χ0n) is 43.7. The van der Waals surface area contributed by atoms with Crippen LogP contribution < -0.4 is 0 Å². The van der Waals surface area contributed by atoms with Gasteiger partial charge < -0.3 is 10.2 Å². The third kappa shape index (κ3) is 10.0. The molecule has 8 nitrogen and oxygen atoms in total. The molecule has 2 N–H and O–H groups in total. The quantitative estimate of drug-likeness (QED) is 0.0638. The fourth-order valence-electron chi connectivity index (χ4n) is 17.9. The summed E-state index contributed by atoms with van der Waals surface area (Å²) in [5.74, 6) is 4.08. The minimum absolute atomic E-state index is 0.0375. The van der Waals surface area contributed by atoms with Crippen molar-refractivity contribution < 1.29 is 38.9 Å². The number of esters is 2. The molecule has 8 rings (SSSR count). The number of fused-ring (bicyclic) bond motifs is 10. The van der Waals surface area contributed by atoms with Crippen molar-refractivity contribution in [3.63, 3.8) is 0 Å². The molecular weight excluding hydrogens is 983 g/mol. The van der Waals surface area contributed by atoms with Crippen LogP contribution in [0.4, 0.5) is 0 Å². The standard InChI is InChI=1S/C58H90O8Se2/c1-33(11-17-49(63)35(3)53-51(65-37(5)59)29-47-43-15-13-39-27-41(61)19-23-55(39,7)45(43)21-25-57(47,53)9)31-67-68-32-34(2)12-18-50(64)36(4)54-52(66-38(6)60)30-48-44-16-14-40-28-42(62)20-24-56(40,8)46(44)22-26-58(48,54)10/h13-14,33-36,41-48,51-54,61-62H,11-12,15-32H2,1-10H3/t33-,34-,35-,36-,41+,42+,43-,44-,45+,46+,47+,48+,51+,52+,53+,54+,55+,56+,57+,58+/m1/s1. The van der Waals surface area contributed by atoms with Crippen LogP contribution in [-0.4, -0.2) is 84.4 Å².